The van der Waals surface area contributed by atoms with Crippen LogP contribution in [-0.4, -0.2) is 20.3 Å². The molecule has 0 fully saturated rings. The van der Waals surface area contributed by atoms with Crippen LogP contribution in [0.3, 0.4) is 0 Å². The van der Waals surface area contributed by atoms with Crippen LogP contribution in [0.1, 0.15) is 60.3 Å². The van der Waals surface area contributed by atoms with Crippen molar-refractivity contribution in [3.63, 3.8) is 0 Å². The van der Waals surface area contributed by atoms with Crippen LogP contribution in [0.25, 0.3) is 0 Å². The fraction of sp³-hybridized carbons (Fsp3) is 0.387. The van der Waals surface area contributed by atoms with Crippen molar-refractivity contribution < 1.29 is 4.43 Å². The van der Waals surface area contributed by atoms with E-state index in [1.165, 1.54) is 21.5 Å². The highest BCUT2D eigenvalue weighted by atomic mass is 79.9. The van der Waals surface area contributed by atoms with Crippen LogP contribution in [0, 0.1) is 11.3 Å². The summed E-state index contributed by atoms with van der Waals surface area (Å²) in [6, 6.07) is 23.9. The van der Waals surface area contributed by atoms with Crippen LogP contribution in [0.5, 0.6) is 0 Å². The van der Waals surface area contributed by atoms with Crippen molar-refractivity contribution in [1.82, 2.24) is 0 Å². The number of nitrogens with zero attached hydrogens (tertiary/aromatic N) is 1. The van der Waals surface area contributed by atoms with Crippen molar-refractivity contribution in [2.45, 2.75) is 65.3 Å². The molecule has 2 aromatic carbocycles. The van der Waals surface area contributed by atoms with Gasteiger partial charge in [0.05, 0.1) is 12.7 Å². The number of allylic oxidation sites excluding steroid dienone is 5. The number of hydrogen-bond acceptors (Lipinski definition) is 2. The third-order valence-electron chi connectivity index (χ3n) is 6.34. The lowest BCUT2D eigenvalue weighted by molar-refractivity contribution is 0.338. The summed E-state index contributed by atoms with van der Waals surface area (Å²) in [5, 5.41) is 12.9. The molecule has 2 aromatic rings. The molecule has 0 N–H and O–H groups in total. The molecule has 0 bridgehead atoms. The molecule has 186 valence electrons. The maximum Gasteiger partial charge on any atom is 0.261 e. The Kier molecular flexibility index (Phi) is 11.9. The number of benzene rings is 2. The highest BCUT2D eigenvalue weighted by molar-refractivity contribution is 9.09. The van der Waals surface area contributed by atoms with E-state index in [2.05, 4.69) is 136 Å². The van der Waals surface area contributed by atoms with Crippen molar-refractivity contribution in [2.75, 3.05) is 11.9 Å². The van der Waals surface area contributed by atoms with Crippen molar-refractivity contribution in [1.29, 1.82) is 5.26 Å². The van der Waals surface area contributed by atoms with Gasteiger partial charge in [0, 0.05) is 10.9 Å². The summed E-state index contributed by atoms with van der Waals surface area (Å²) in [5.74, 6) is 0. The molecule has 0 aliphatic carbocycles. The average molecular weight is 551 g/mol. The van der Waals surface area contributed by atoms with Crippen molar-refractivity contribution in [3.05, 3.63) is 95.6 Å². The molecular weight excluding hydrogens is 510 g/mol. The van der Waals surface area contributed by atoms with Gasteiger partial charge in [0.1, 0.15) is 0 Å². The summed E-state index contributed by atoms with van der Waals surface area (Å²) in [5.41, 5.74) is 3.48. The molecule has 2 nitrogen and oxygen atoms in total. The third kappa shape index (κ3) is 8.46. The van der Waals surface area contributed by atoms with E-state index in [4.69, 9.17) is 4.43 Å². The summed E-state index contributed by atoms with van der Waals surface area (Å²) >= 11 is 3.46. The minimum absolute atomic E-state index is 0.0243. The van der Waals surface area contributed by atoms with Gasteiger partial charge in [0.2, 0.25) is 0 Å². The molecule has 0 aromatic heterocycles. The minimum atomic E-state index is -2.51. The van der Waals surface area contributed by atoms with Gasteiger partial charge in [-0.05, 0) is 54.9 Å². The molecule has 0 aliphatic heterocycles. The van der Waals surface area contributed by atoms with Crippen LogP contribution in [0.4, 0.5) is 0 Å². The summed E-state index contributed by atoms with van der Waals surface area (Å²) in [6.45, 7) is 11.8. The fourth-order valence-corrected chi connectivity index (χ4v) is 9.10. The van der Waals surface area contributed by atoms with Gasteiger partial charge < -0.3 is 4.43 Å². The van der Waals surface area contributed by atoms with E-state index < -0.39 is 8.32 Å². The first-order valence-electron chi connectivity index (χ1n) is 12.5. The topological polar surface area (TPSA) is 33.0 Å². The molecule has 0 spiro atoms. The van der Waals surface area contributed by atoms with Crippen LogP contribution < -0.4 is 10.4 Å². The van der Waals surface area contributed by atoms with Gasteiger partial charge in [-0.25, -0.2) is 0 Å². The third-order valence-corrected chi connectivity index (χ3v) is 12.2. The minimum Gasteiger partial charge on any atom is -0.404 e. The quantitative estimate of drug-likeness (QED) is 0.117. The summed E-state index contributed by atoms with van der Waals surface area (Å²) in [7, 11) is -2.51. The number of rotatable bonds is 12. The van der Waals surface area contributed by atoms with Crippen LogP contribution >= 0.6 is 15.9 Å². The Balaban J connectivity index is 2.13. The van der Waals surface area contributed by atoms with E-state index in [0.717, 1.165) is 36.6 Å². The van der Waals surface area contributed by atoms with Crippen LogP contribution in [0.15, 0.2) is 95.6 Å². The Morgan fingerprint density at radius 3 is 1.89 bits per heavy atom. The van der Waals surface area contributed by atoms with E-state index in [0.29, 0.717) is 6.61 Å². The molecule has 4 heteroatoms. The lowest BCUT2D eigenvalue weighted by Crippen LogP contribution is -2.66. The first-order valence-corrected chi connectivity index (χ1v) is 15.5. The molecule has 0 aliphatic rings. The van der Waals surface area contributed by atoms with Gasteiger partial charge >= 0.3 is 0 Å². The van der Waals surface area contributed by atoms with Gasteiger partial charge in [-0.3, -0.25) is 0 Å². The zero-order valence-electron chi connectivity index (χ0n) is 22.0. The smallest absolute Gasteiger partial charge is 0.261 e. The Morgan fingerprint density at radius 1 is 0.857 bits per heavy atom. The summed E-state index contributed by atoms with van der Waals surface area (Å²) < 4.78 is 6.96. The van der Waals surface area contributed by atoms with E-state index in [-0.39, 0.29) is 5.04 Å². The van der Waals surface area contributed by atoms with Crippen molar-refractivity contribution in [3.8, 4) is 6.07 Å². The second-order valence-corrected chi connectivity index (χ2v) is 15.0. The molecule has 0 atom stereocenters. The predicted octanol–water partition coefficient (Wildman–Crippen LogP) is 7.86. The largest absolute Gasteiger partial charge is 0.404 e. The standard InChI is InChI=1S/C31H40BrNOSi/c1-26(14-12-16-28(25-33)17-13-15-27(2)24-32)22-23-34-35(31(3,4)5,29-18-8-6-9-19-29)30-20-10-7-11-21-30/h6-11,15-16,18-22H,12-14,17,23-24H2,1-5H3/b26-22+,27-15+,28-16-. The molecule has 0 radical (unpaired) electrons. The monoisotopic (exact) mass is 549 g/mol. The Labute approximate surface area is 222 Å². The average Bonchev–Trinajstić information content (AvgIpc) is 2.85. The van der Waals surface area contributed by atoms with Gasteiger partial charge in [-0.15, -0.1) is 0 Å². The molecule has 35 heavy (non-hydrogen) atoms. The number of hydrogen-bond donors (Lipinski definition) is 0. The Bertz CT molecular complexity index is 1000. The first-order chi connectivity index (χ1) is 16.7. The predicted molar refractivity (Wildman–Crippen MR) is 157 cm³/mol. The lowest BCUT2D eigenvalue weighted by Gasteiger charge is -2.42. The zero-order valence-corrected chi connectivity index (χ0v) is 24.6. The van der Waals surface area contributed by atoms with E-state index >= 15 is 0 Å². The maximum atomic E-state index is 9.46. The molecule has 0 saturated carbocycles. The second-order valence-electron chi connectivity index (χ2n) is 10.1. The molecule has 0 unspecified atom stereocenters. The normalized spacial score (nSPS) is 13.6. The van der Waals surface area contributed by atoms with Crippen LogP contribution in [-0.2, 0) is 4.43 Å². The highest BCUT2D eigenvalue weighted by Crippen LogP contribution is 2.36. The Morgan fingerprint density at radius 2 is 1.40 bits per heavy atom. The molecule has 0 heterocycles. The number of alkyl halides is 1. The zero-order chi connectivity index (χ0) is 25.7. The molecule has 2 rings (SSSR count). The SMILES string of the molecule is C/C(=C\CC/C(C#N)=C/CC/C(C)=C/CO[Si](c1ccccc1)(c1ccccc1)C(C)(C)C)CBr. The fourth-order valence-electron chi connectivity index (χ4n) is 4.38. The molecular formula is C31H40BrNOSi. The van der Waals surface area contributed by atoms with Gasteiger partial charge in [-0.2, -0.15) is 5.26 Å². The van der Waals surface area contributed by atoms with E-state index in [1.54, 1.807) is 0 Å². The highest BCUT2D eigenvalue weighted by Gasteiger charge is 2.49. The number of halogens is 1. The van der Waals surface area contributed by atoms with Gasteiger partial charge in [0.25, 0.3) is 8.32 Å². The maximum absolute atomic E-state index is 9.46. The Hall–Kier alpha value is -2.19. The lowest BCUT2D eigenvalue weighted by atomic mass is 10.1. The number of nitriles is 1. The van der Waals surface area contributed by atoms with Crippen molar-refractivity contribution >= 4 is 34.6 Å². The summed E-state index contributed by atoms with van der Waals surface area (Å²) in [4.78, 5) is 0. The van der Waals surface area contributed by atoms with Gasteiger partial charge in [-0.1, -0.05) is 127 Å². The van der Waals surface area contributed by atoms with Gasteiger partial charge in [0.15, 0.2) is 0 Å². The van der Waals surface area contributed by atoms with E-state index in [9.17, 15) is 5.26 Å². The van der Waals surface area contributed by atoms with Crippen molar-refractivity contribution in [2.24, 2.45) is 0 Å². The second kappa shape index (κ2) is 14.4. The van der Waals surface area contributed by atoms with E-state index in [1.807, 2.05) is 0 Å². The summed E-state index contributed by atoms with van der Waals surface area (Å²) in [6.07, 6.45) is 10.1. The van der Waals surface area contributed by atoms with Crippen LogP contribution in [0.2, 0.25) is 5.04 Å². The first kappa shape index (κ1) is 29.0. The molecule has 0 amide bonds. The molecule has 0 saturated heterocycles.